The fraction of sp³-hybridized carbons (Fsp3) is 0.632. The van der Waals surface area contributed by atoms with Crippen molar-refractivity contribution in [3.8, 4) is 5.75 Å². The highest BCUT2D eigenvalue weighted by molar-refractivity contribution is 5.97. The van der Waals surface area contributed by atoms with Crippen molar-refractivity contribution in [3.63, 3.8) is 0 Å². The first kappa shape index (κ1) is 15.4. The predicted molar refractivity (Wildman–Crippen MR) is 88.1 cm³/mol. The van der Waals surface area contributed by atoms with E-state index >= 15 is 0 Å². The second-order valence-electron chi connectivity index (χ2n) is 7.57. The quantitative estimate of drug-likeness (QED) is 0.912. The summed E-state index contributed by atoms with van der Waals surface area (Å²) in [5, 5.41) is 3.30. The predicted octanol–water partition coefficient (Wildman–Crippen LogP) is 4.03. The standard InChI is InChI=1S/C19H27NO2/c1-5-22-15-9-7-6-8-14(15)17(21)20-16-12-13-10-11-19(16,4)18(13,2)3/h6-9,13,16H,5,10-12H2,1-4H3,(H,20,21)/t13-,16-,19+/m1/s1. The third-order valence-corrected chi connectivity index (χ3v) is 6.53. The van der Waals surface area contributed by atoms with E-state index in [9.17, 15) is 4.79 Å². The molecule has 0 radical (unpaired) electrons. The number of hydrogen-bond acceptors (Lipinski definition) is 2. The summed E-state index contributed by atoms with van der Waals surface area (Å²) < 4.78 is 5.59. The maximum absolute atomic E-state index is 12.7. The van der Waals surface area contributed by atoms with Gasteiger partial charge in [0, 0.05) is 6.04 Å². The lowest BCUT2D eigenvalue weighted by molar-refractivity contribution is 0.0823. The molecule has 3 nitrogen and oxygen atoms in total. The number of para-hydroxylation sites is 1. The van der Waals surface area contributed by atoms with E-state index in [0.717, 1.165) is 12.3 Å². The first-order chi connectivity index (χ1) is 10.4. The highest BCUT2D eigenvalue weighted by Crippen LogP contribution is 2.65. The number of carbonyl (C=O) groups is 1. The van der Waals surface area contributed by atoms with Gasteiger partial charge in [0.25, 0.3) is 5.91 Å². The van der Waals surface area contributed by atoms with Crippen LogP contribution >= 0.6 is 0 Å². The minimum atomic E-state index is -0.00127. The Bertz CT molecular complexity index is 581. The van der Waals surface area contributed by atoms with Crippen molar-refractivity contribution in [1.82, 2.24) is 5.32 Å². The van der Waals surface area contributed by atoms with Crippen LogP contribution in [0.15, 0.2) is 24.3 Å². The summed E-state index contributed by atoms with van der Waals surface area (Å²) in [7, 11) is 0. The second-order valence-corrected chi connectivity index (χ2v) is 7.57. The van der Waals surface area contributed by atoms with Crippen LogP contribution in [-0.2, 0) is 0 Å². The molecule has 22 heavy (non-hydrogen) atoms. The Morgan fingerprint density at radius 1 is 1.32 bits per heavy atom. The molecule has 0 spiro atoms. The first-order valence-electron chi connectivity index (χ1n) is 8.43. The molecule has 1 aromatic rings. The summed E-state index contributed by atoms with van der Waals surface area (Å²) in [6.45, 7) is 9.59. The topological polar surface area (TPSA) is 38.3 Å². The summed E-state index contributed by atoms with van der Waals surface area (Å²) in [5.74, 6) is 1.40. The van der Waals surface area contributed by atoms with E-state index in [2.05, 4.69) is 26.1 Å². The summed E-state index contributed by atoms with van der Waals surface area (Å²) in [6.07, 6.45) is 3.61. The molecule has 2 bridgehead atoms. The van der Waals surface area contributed by atoms with Crippen LogP contribution in [0.3, 0.4) is 0 Å². The van der Waals surface area contributed by atoms with E-state index in [-0.39, 0.29) is 17.4 Å². The van der Waals surface area contributed by atoms with Crippen LogP contribution < -0.4 is 10.1 Å². The summed E-state index contributed by atoms with van der Waals surface area (Å²) in [5.41, 5.74) is 1.16. The molecule has 3 rings (SSSR count). The molecule has 2 saturated carbocycles. The summed E-state index contributed by atoms with van der Waals surface area (Å²) >= 11 is 0. The van der Waals surface area contributed by atoms with Crippen LogP contribution in [0.5, 0.6) is 5.75 Å². The van der Waals surface area contributed by atoms with E-state index in [4.69, 9.17) is 4.74 Å². The monoisotopic (exact) mass is 301 g/mol. The Kier molecular flexibility index (Phi) is 3.70. The zero-order valence-electron chi connectivity index (χ0n) is 14.1. The fourth-order valence-electron chi connectivity index (χ4n) is 4.59. The number of nitrogens with one attached hydrogen (secondary N) is 1. The van der Waals surface area contributed by atoms with Gasteiger partial charge in [0.2, 0.25) is 0 Å². The van der Waals surface area contributed by atoms with Crippen LogP contribution in [0.4, 0.5) is 0 Å². The van der Waals surface area contributed by atoms with E-state index in [1.165, 1.54) is 12.8 Å². The van der Waals surface area contributed by atoms with Gasteiger partial charge in [-0.25, -0.2) is 0 Å². The number of amides is 1. The molecule has 2 aliphatic carbocycles. The van der Waals surface area contributed by atoms with E-state index in [0.29, 0.717) is 23.3 Å². The van der Waals surface area contributed by atoms with Gasteiger partial charge in [-0.1, -0.05) is 32.9 Å². The maximum atomic E-state index is 12.7. The Labute approximate surface area is 133 Å². The molecule has 1 aromatic carbocycles. The Hall–Kier alpha value is -1.51. The highest BCUT2D eigenvalue weighted by Gasteiger charge is 2.61. The summed E-state index contributed by atoms with van der Waals surface area (Å²) in [6, 6.07) is 7.78. The lowest BCUT2D eigenvalue weighted by Crippen LogP contribution is -2.46. The van der Waals surface area contributed by atoms with Crippen LogP contribution in [0.2, 0.25) is 0 Å². The van der Waals surface area contributed by atoms with E-state index < -0.39 is 0 Å². The molecule has 2 aliphatic rings. The summed E-state index contributed by atoms with van der Waals surface area (Å²) in [4.78, 5) is 12.7. The average molecular weight is 301 g/mol. The Morgan fingerprint density at radius 2 is 2.05 bits per heavy atom. The van der Waals surface area contributed by atoms with Gasteiger partial charge < -0.3 is 10.1 Å². The molecule has 3 atom stereocenters. The number of hydrogen-bond donors (Lipinski definition) is 1. The number of ether oxygens (including phenoxy) is 1. The van der Waals surface area contributed by atoms with Crippen molar-refractivity contribution >= 4 is 5.91 Å². The molecule has 1 N–H and O–H groups in total. The Morgan fingerprint density at radius 3 is 2.64 bits per heavy atom. The molecule has 3 heteroatoms. The largest absolute Gasteiger partial charge is 0.493 e. The van der Waals surface area contributed by atoms with E-state index in [1.54, 1.807) is 0 Å². The normalized spacial score (nSPS) is 32.0. The molecule has 2 fully saturated rings. The van der Waals surface area contributed by atoms with Gasteiger partial charge in [-0.2, -0.15) is 0 Å². The van der Waals surface area contributed by atoms with Crippen molar-refractivity contribution < 1.29 is 9.53 Å². The molecular weight excluding hydrogens is 274 g/mol. The highest BCUT2D eigenvalue weighted by atomic mass is 16.5. The molecule has 0 saturated heterocycles. The molecule has 0 aliphatic heterocycles. The smallest absolute Gasteiger partial charge is 0.255 e. The molecule has 0 aromatic heterocycles. The van der Waals surface area contributed by atoms with Gasteiger partial charge in [0.05, 0.1) is 12.2 Å². The van der Waals surface area contributed by atoms with Gasteiger partial charge in [-0.15, -0.1) is 0 Å². The SMILES string of the molecule is CCOc1ccccc1C(=O)N[C@@H]1C[C@H]2CC[C@]1(C)C2(C)C. The third-order valence-electron chi connectivity index (χ3n) is 6.53. The molecular formula is C19H27NO2. The van der Waals surface area contributed by atoms with Gasteiger partial charge in [-0.05, 0) is 55.1 Å². The molecule has 120 valence electrons. The van der Waals surface area contributed by atoms with E-state index in [1.807, 2.05) is 31.2 Å². The zero-order valence-corrected chi connectivity index (χ0v) is 14.1. The lowest BCUT2D eigenvalue weighted by atomic mass is 9.69. The number of fused-ring (bicyclic) bond motifs is 2. The van der Waals surface area contributed by atoms with Crippen molar-refractivity contribution in [2.24, 2.45) is 16.7 Å². The van der Waals surface area contributed by atoms with Crippen molar-refractivity contribution in [3.05, 3.63) is 29.8 Å². The number of benzene rings is 1. The molecule has 1 amide bonds. The average Bonchev–Trinajstić information content (AvgIpc) is 2.81. The van der Waals surface area contributed by atoms with Gasteiger partial charge in [0.1, 0.15) is 5.75 Å². The van der Waals surface area contributed by atoms with Crippen LogP contribution in [0.25, 0.3) is 0 Å². The van der Waals surface area contributed by atoms with Crippen molar-refractivity contribution in [2.75, 3.05) is 6.61 Å². The zero-order chi connectivity index (χ0) is 16.0. The maximum Gasteiger partial charge on any atom is 0.255 e. The Balaban J connectivity index is 1.79. The van der Waals surface area contributed by atoms with Gasteiger partial charge >= 0.3 is 0 Å². The molecule has 0 unspecified atom stereocenters. The molecule has 0 heterocycles. The number of rotatable bonds is 4. The number of carbonyl (C=O) groups excluding carboxylic acids is 1. The second kappa shape index (κ2) is 5.29. The van der Waals surface area contributed by atoms with Crippen molar-refractivity contribution in [2.45, 2.75) is 53.0 Å². The first-order valence-corrected chi connectivity index (χ1v) is 8.43. The minimum Gasteiger partial charge on any atom is -0.493 e. The lowest BCUT2D eigenvalue weighted by Gasteiger charge is -2.39. The fourth-order valence-corrected chi connectivity index (χ4v) is 4.59. The van der Waals surface area contributed by atoms with Gasteiger partial charge in [-0.3, -0.25) is 4.79 Å². The van der Waals surface area contributed by atoms with Gasteiger partial charge in [0.15, 0.2) is 0 Å². The van der Waals surface area contributed by atoms with Crippen LogP contribution in [-0.4, -0.2) is 18.6 Å². The minimum absolute atomic E-state index is 0.00127. The van der Waals surface area contributed by atoms with Crippen molar-refractivity contribution in [1.29, 1.82) is 0 Å². The van der Waals surface area contributed by atoms with Crippen LogP contribution in [0.1, 0.15) is 57.3 Å². The van der Waals surface area contributed by atoms with Crippen LogP contribution in [0, 0.1) is 16.7 Å². The third kappa shape index (κ3) is 2.13.